The van der Waals surface area contributed by atoms with Crippen molar-refractivity contribution in [2.75, 3.05) is 13.1 Å². The summed E-state index contributed by atoms with van der Waals surface area (Å²) >= 11 is 0. The number of carbonyl (C=O) groups excluding carboxylic acids is 2. The molecular formula is C11H16N4O2. The van der Waals surface area contributed by atoms with Gasteiger partial charge in [-0.2, -0.15) is 0 Å². The third-order valence-electron chi connectivity index (χ3n) is 2.19. The van der Waals surface area contributed by atoms with E-state index in [1.165, 1.54) is 18.3 Å². The van der Waals surface area contributed by atoms with Crippen LogP contribution >= 0.6 is 0 Å². The van der Waals surface area contributed by atoms with Crippen molar-refractivity contribution in [1.29, 1.82) is 0 Å². The van der Waals surface area contributed by atoms with Crippen molar-refractivity contribution < 1.29 is 9.59 Å². The Hall–Kier alpha value is -1.95. The molecule has 0 saturated heterocycles. The average molecular weight is 236 g/mol. The molecule has 0 aliphatic rings. The topological polar surface area (TPSA) is 111 Å². The Kier molecular flexibility index (Phi) is 5.09. The molecule has 92 valence electrons. The number of hydrogen-bond acceptors (Lipinski definition) is 4. The van der Waals surface area contributed by atoms with Gasteiger partial charge in [0.15, 0.2) is 0 Å². The highest BCUT2D eigenvalue weighted by Crippen LogP contribution is 2.00. The van der Waals surface area contributed by atoms with Crippen molar-refractivity contribution >= 4 is 11.8 Å². The maximum atomic E-state index is 11.6. The summed E-state index contributed by atoms with van der Waals surface area (Å²) in [7, 11) is 0. The Labute approximate surface area is 99.4 Å². The maximum absolute atomic E-state index is 11.6. The van der Waals surface area contributed by atoms with Gasteiger partial charge in [-0.3, -0.25) is 14.6 Å². The minimum absolute atomic E-state index is 0.143. The number of carbonyl (C=O) groups is 2. The third kappa shape index (κ3) is 4.20. The number of primary amides is 1. The summed E-state index contributed by atoms with van der Waals surface area (Å²) in [4.78, 5) is 26.2. The number of unbranched alkanes of at least 4 members (excludes halogenated alkanes) is 1. The van der Waals surface area contributed by atoms with Gasteiger partial charge in [0.25, 0.3) is 11.8 Å². The lowest BCUT2D eigenvalue weighted by Gasteiger charge is -2.04. The van der Waals surface area contributed by atoms with Gasteiger partial charge in [0.2, 0.25) is 0 Å². The first-order chi connectivity index (χ1) is 8.15. The van der Waals surface area contributed by atoms with Crippen molar-refractivity contribution in [2.24, 2.45) is 11.5 Å². The van der Waals surface area contributed by atoms with Crippen molar-refractivity contribution in [3.63, 3.8) is 0 Å². The van der Waals surface area contributed by atoms with Crippen LogP contribution in [0.2, 0.25) is 0 Å². The van der Waals surface area contributed by atoms with Gasteiger partial charge in [0, 0.05) is 12.7 Å². The Balaban J connectivity index is 2.49. The number of nitrogens with zero attached hydrogens (tertiary/aromatic N) is 1. The summed E-state index contributed by atoms with van der Waals surface area (Å²) in [5.41, 5.74) is 10.9. The van der Waals surface area contributed by atoms with Crippen molar-refractivity contribution in [2.45, 2.75) is 12.8 Å². The van der Waals surface area contributed by atoms with E-state index >= 15 is 0 Å². The van der Waals surface area contributed by atoms with Crippen LogP contribution in [0.25, 0.3) is 0 Å². The Bertz CT molecular complexity index is 389. The molecule has 0 atom stereocenters. The van der Waals surface area contributed by atoms with Gasteiger partial charge in [0.1, 0.15) is 5.69 Å². The quantitative estimate of drug-likeness (QED) is 0.586. The van der Waals surface area contributed by atoms with Crippen LogP contribution < -0.4 is 16.8 Å². The molecule has 1 heterocycles. The lowest BCUT2D eigenvalue weighted by atomic mass is 10.2. The highest BCUT2D eigenvalue weighted by Gasteiger charge is 2.07. The highest BCUT2D eigenvalue weighted by molar-refractivity contribution is 5.95. The van der Waals surface area contributed by atoms with Crippen LogP contribution in [0.5, 0.6) is 0 Å². The average Bonchev–Trinajstić information content (AvgIpc) is 2.34. The fourth-order valence-corrected chi connectivity index (χ4v) is 1.25. The predicted molar refractivity (Wildman–Crippen MR) is 63.4 cm³/mol. The lowest BCUT2D eigenvalue weighted by molar-refractivity contribution is 0.0949. The van der Waals surface area contributed by atoms with E-state index in [9.17, 15) is 9.59 Å². The third-order valence-corrected chi connectivity index (χ3v) is 2.19. The number of pyridine rings is 1. The van der Waals surface area contributed by atoms with E-state index in [1.54, 1.807) is 0 Å². The van der Waals surface area contributed by atoms with Gasteiger partial charge in [-0.15, -0.1) is 0 Å². The summed E-state index contributed by atoms with van der Waals surface area (Å²) in [6, 6.07) is 2.95. The van der Waals surface area contributed by atoms with Gasteiger partial charge in [-0.25, -0.2) is 0 Å². The number of nitrogens with two attached hydrogens (primary N) is 2. The summed E-state index contributed by atoms with van der Waals surface area (Å²) in [6.07, 6.45) is 3.05. The number of amides is 2. The zero-order valence-corrected chi connectivity index (χ0v) is 9.48. The molecule has 1 rings (SSSR count). The first-order valence-corrected chi connectivity index (χ1v) is 5.39. The van der Waals surface area contributed by atoms with Gasteiger partial charge in [-0.1, -0.05) is 0 Å². The number of hydrogen-bond donors (Lipinski definition) is 3. The summed E-state index contributed by atoms with van der Waals surface area (Å²) in [5, 5.41) is 2.73. The largest absolute Gasteiger partial charge is 0.364 e. The van der Waals surface area contributed by atoms with Crippen molar-refractivity contribution in [3.05, 3.63) is 29.6 Å². The number of aromatic nitrogens is 1. The van der Waals surface area contributed by atoms with Crippen molar-refractivity contribution in [3.8, 4) is 0 Å². The molecule has 0 radical (unpaired) electrons. The molecule has 0 spiro atoms. The molecule has 0 unspecified atom stereocenters. The van der Waals surface area contributed by atoms with Gasteiger partial charge >= 0.3 is 0 Å². The normalized spacial score (nSPS) is 9.94. The van der Waals surface area contributed by atoms with Crippen LogP contribution in [0.15, 0.2) is 18.3 Å². The van der Waals surface area contributed by atoms with Crippen LogP contribution in [0.3, 0.4) is 0 Å². The molecule has 17 heavy (non-hydrogen) atoms. The molecule has 5 N–H and O–H groups in total. The second kappa shape index (κ2) is 6.59. The Morgan fingerprint density at radius 3 is 2.59 bits per heavy atom. The van der Waals surface area contributed by atoms with Gasteiger partial charge in [0.05, 0.1) is 5.56 Å². The zero-order chi connectivity index (χ0) is 12.7. The Morgan fingerprint density at radius 1 is 1.29 bits per heavy atom. The fourth-order valence-electron chi connectivity index (χ4n) is 1.25. The van der Waals surface area contributed by atoms with E-state index in [0.29, 0.717) is 18.7 Å². The monoisotopic (exact) mass is 236 g/mol. The minimum atomic E-state index is -0.611. The molecule has 0 bridgehead atoms. The second-order valence-electron chi connectivity index (χ2n) is 3.55. The molecule has 0 aromatic carbocycles. The molecule has 2 amide bonds. The molecule has 1 aromatic rings. The molecule has 6 heteroatoms. The summed E-state index contributed by atoms with van der Waals surface area (Å²) in [5.74, 6) is -0.828. The standard InChI is InChI=1S/C11H16N4O2/c12-5-1-2-6-14-11(17)8-3-4-9(10(13)16)15-7-8/h3-4,7H,1-2,5-6,12H2,(H2,13,16)(H,14,17). The zero-order valence-electron chi connectivity index (χ0n) is 9.48. The smallest absolute Gasteiger partial charge is 0.267 e. The minimum Gasteiger partial charge on any atom is -0.364 e. The molecular weight excluding hydrogens is 220 g/mol. The Morgan fingerprint density at radius 2 is 2.06 bits per heavy atom. The van der Waals surface area contributed by atoms with E-state index < -0.39 is 5.91 Å². The SMILES string of the molecule is NCCCCNC(=O)c1ccc(C(N)=O)nc1. The molecule has 1 aromatic heterocycles. The van der Waals surface area contributed by atoms with E-state index in [0.717, 1.165) is 12.8 Å². The van der Waals surface area contributed by atoms with Gasteiger partial charge < -0.3 is 16.8 Å². The summed E-state index contributed by atoms with van der Waals surface area (Å²) < 4.78 is 0. The van der Waals surface area contributed by atoms with E-state index in [-0.39, 0.29) is 11.6 Å². The lowest BCUT2D eigenvalue weighted by Crippen LogP contribution is -2.25. The van der Waals surface area contributed by atoms with E-state index in [1.807, 2.05) is 0 Å². The predicted octanol–water partition coefficient (Wildman–Crippen LogP) is -0.351. The maximum Gasteiger partial charge on any atom is 0.267 e. The van der Waals surface area contributed by atoms with Crippen LogP contribution in [-0.4, -0.2) is 29.9 Å². The van der Waals surface area contributed by atoms with E-state index in [2.05, 4.69) is 10.3 Å². The molecule has 0 aliphatic carbocycles. The van der Waals surface area contributed by atoms with Crippen LogP contribution in [0, 0.1) is 0 Å². The first kappa shape index (κ1) is 13.1. The second-order valence-corrected chi connectivity index (χ2v) is 3.55. The molecule has 0 saturated carbocycles. The first-order valence-electron chi connectivity index (χ1n) is 5.39. The number of rotatable bonds is 6. The van der Waals surface area contributed by atoms with Crippen LogP contribution in [0.4, 0.5) is 0 Å². The van der Waals surface area contributed by atoms with E-state index in [4.69, 9.17) is 11.5 Å². The molecule has 0 aliphatic heterocycles. The fraction of sp³-hybridized carbons (Fsp3) is 0.364. The summed E-state index contributed by atoms with van der Waals surface area (Å²) in [6.45, 7) is 1.19. The highest BCUT2D eigenvalue weighted by atomic mass is 16.2. The van der Waals surface area contributed by atoms with Crippen LogP contribution in [0.1, 0.15) is 33.7 Å². The van der Waals surface area contributed by atoms with Gasteiger partial charge in [-0.05, 0) is 31.5 Å². The van der Waals surface area contributed by atoms with Crippen molar-refractivity contribution in [1.82, 2.24) is 10.3 Å². The number of nitrogens with one attached hydrogen (secondary N) is 1. The van der Waals surface area contributed by atoms with Crippen LogP contribution in [-0.2, 0) is 0 Å². The molecule has 6 nitrogen and oxygen atoms in total. The molecule has 0 fully saturated rings.